The van der Waals surface area contributed by atoms with Crippen molar-refractivity contribution in [1.82, 2.24) is 19.3 Å². The summed E-state index contributed by atoms with van der Waals surface area (Å²) in [7, 11) is 1.68. The van der Waals surface area contributed by atoms with E-state index in [1.807, 2.05) is 54.7 Å². The van der Waals surface area contributed by atoms with Crippen molar-refractivity contribution in [1.29, 1.82) is 0 Å². The number of hydrogen-bond acceptors (Lipinski definition) is 5. The number of hydrogen-bond donors (Lipinski definition) is 1. The van der Waals surface area contributed by atoms with Gasteiger partial charge < -0.3 is 19.4 Å². The van der Waals surface area contributed by atoms with Crippen LogP contribution < -0.4 is 10.1 Å². The number of rotatable bonds is 9. The molecular formula is C22H23N5O3. The highest BCUT2D eigenvalue weighted by Crippen LogP contribution is 2.26. The highest BCUT2D eigenvalue weighted by atomic mass is 16.5. The monoisotopic (exact) mass is 405 g/mol. The van der Waals surface area contributed by atoms with Gasteiger partial charge >= 0.3 is 0 Å². The SMILES string of the molecule is COCCn1ccc2c(OCC(=O)Nc3ccc(Cn4cncn4)cc3)cccc21. The minimum Gasteiger partial charge on any atom is -0.483 e. The predicted octanol–water partition coefficient (Wildman–Crippen LogP) is 2.95. The second kappa shape index (κ2) is 9.23. The van der Waals surface area contributed by atoms with Gasteiger partial charge in [0.05, 0.1) is 18.7 Å². The Morgan fingerprint density at radius 2 is 2.00 bits per heavy atom. The topological polar surface area (TPSA) is 83.2 Å². The van der Waals surface area contributed by atoms with Crippen molar-refractivity contribution in [3.63, 3.8) is 0 Å². The summed E-state index contributed by atoms with van der Waals surface area (Å²) in [6.45, 7) is 1.96. The minimum absolute atomic E-state index is 0.0664. The van der Waals surface area contributed by atoms with Gasteiger partial charge in [0.15, 0.2) is 6.61 Å². The van der Waals surface area contributed by atoms with Crippen LogP contribution in [0.1, 0.15) is 5.56 Å². The van der Waals surface area contributed by atoms with Crippen LogP contribution in [0.15, 0.2) is 67.4 Å². The van der Waals surface area contributed by atoms with Gasteiger partial charge in [-0.05, 0) is 35.9 Å². The van der Waals surface area contributed by atoms with Gasteiger partial charge in [-0.25, -0.2) is 9.67 Å². The fourth-order valence-electron chi connectivity index (χ4n) is 3.24. The molecule has 30 heavy (non-hydrogen) atoms. The Balaban J connectivity index is 1.34. The van der Waals surface area contributed by atoms with Crippen LogP contribution in [0.25, 0.3) is 10.9 Å². The summed E-state index contributed by atoms with van der Waals surface area (Å²) < 4.78 is 14.8. The van der Waals surface area contributed by atoms with E-state index in [0.717, 1.165) is 28.7 Å². The maximum absolute atomic E-state index is 12.3. The third-order valence-electron chi connectivity index (χ3n) is 4.72. The molecule has 8 heteroatoms. The molecule has 4 aromatic rings. The molecule has 0 spiro atoms. The first-order valence-corrected chi connectivity index (χ1v) is 9.64. The first-order chi connectivity index (χ1) is 14.7. The second-order valence-corrected chi connectivity index (χ2v) is 6.82. The van der Waals surface area contributed by atoms with Crippen molar-refractivity contribution in [3.8, 4) is 5.75 Å². The van der Waals surface area contributed by atoms with Gasteiger partial charge in [-0.2, -0.15) is 5.10 Å². The third-order valence-corrected chi connectivity index (χ3v) is 4.72. The van der Waals surface area contributed by atoms with Crippen molar-refractivity contribution in [3.05, 3.63) is 72.9 Å². The zero-order valence-electron chi connectivity index (χ0n) is 16.7. The van der Waals surface area contributed by atoms with E-state index in [0.29, 0.717) is 18.9 Å². The average Bonchev–Trinajstić information content (AvgIpc) is 3.42. The number of methoxy groups -OCH3 is 1. The molecule has 0 saturated carbocycles. The van der Waals surface area contributed by atoms with E-state index in [1.54, 1.807) is 18.1 Å². The van der Waals surface area contributed by atoms with Gasteiger partial charge in [-0.15, -0.1) is 0 Å². The molecule has 0 aliphatic heterocycles. The number of ether oxygens (including phenoxy) is 2. The summed E-state index contributed by atoms with van der Waals surface area (Å²) >= 11 is 0. The molecule has 1 amide bonds. The van der Waals surface area contributed by atoms with Crippen LogP contribution in [0.5, 0.6) is 5.75 Å². The number of fused-ring (bicyclic) bond motifs is 1. The summed E-state index contributed by atoms with van der Waals surface area (Å²) in [5.74, 6) is 0.469. The summed E-state index contributed by atoms with van der Waals surface area (Å²) in [4.78, 5) is 16.3. The molecule has 2 aromatic carbocycles. The molecule has 0 radical (unpaired) electrons. The number of anilines is 1. The predicted molar refractivity (Wildman–Crippen MR) is 114 cm³/mol. The number of carbonyl (C=O) groups excluding carboxylic acids is 1. The van der Waals surface area contributed by atoms with Gasteiger partial charge in [0.25, 0.3) is 5.91 Å². The number of nitrogens with zero attached hydrogens (tertiary/aromatic N) is 4. The zero-order chi connectivity index (χ0) is 20.8. The fraction of sp³-hybridized carbons (Fsp3) is 0.227. The molecule has 0 aliphatic carbocycles. The van der Waals surface area contributed by atoms with E-state index in [1.165, 1.54) is 6.33 Å². The number of benzene rings is 2. The maximum Gasteiger partial charge on any atom is 0.262 e. The van der Waals surface area contributed by atoms with Crippen LogP contribution in [-0.4, -0.2) is 45.6 Å². The lowest BCUT2D eigenvalue weighted by Crippen LogP contribution is -2.20. The van der Waals surface area contributed by atoms with E-state index in [9.17, 15) is 4.79 Å². The highest BCUT2D eigenvalue weighted by molar-refractivity contribution is 5.92. The zero-order valence-corrected chi connectivity index (χ0v) is 16.7. The first kappa shape index (κ1) is 19.7. The lowest BCUT2D eigenvalue weighted by atomic mass is 10.2. The third kappa shape index (κ3) is 4.66. The van der Waals surface area contributed by atoms with Crippen LogP contribution in [0.3, 0.4) is 0 Å². The van der Waals surface area contributed by atoms with Gasteiger partial charge in [0.2, 0.25) is 0 Å². The quantitative estimate of drug-likeness (QED) is 0.463. The molecule has 2 heterocycles. The minimum atomic E-state index is -0.213. The Hall–Kier alpha value is -3.65. The van der Waals surface area contributed by atoms with Crippen LogP contribution in [0, 0.1) is 0 Å². The van der Waals surface area contributed by atoms with Gasteiger partial charge in [-0.3, -0.25) is 4.79 Å². The van der Waals surface area contributed by atoms with Crippen LogP contribution in [0.4, 0.5) is 5.69 Å². The number of amides is 1. The van der Waals surface area contributed by atoms with Gasteiger partial charge in [0.1, 0.15) is 18.4 Å². The van der Waals surface area contributed by atoms with E-state index in [4.69, 9.17) is 9.47 Å². The van der Waals surface area contributed by atoms with E-state index >= 15 is 0 Å². The molecule has 154 valence electrons. The van der Waals surface area contributed by atoms with Gasteiger partial charge in [0, 0.05) is 30.9 Å². The second-order valence-electron chi connectivity index (χ2n) is 6.82. The highest BCUT2D eigenvalue weighted by Gasteiger charge is 2.09. The molecule has 4 rings (SSSR count). The van der Waals surface area contributed by atoms with Crippen molar-refractivity contribution < 1.29 is 14.3 Å². The molecule has 2 aromatic heterocycles. The Labute approximate surface area is 174 Å². The van der Waals surface area contributed by atoms with Crippen molar-refractivity contribution in [2.45, 2.75) is 13.1 Å². The van der Waals surface area contributed by atoms with Crippen molar-refractivity contribution >= 4 is 22.5 Å². The number of carbonyl (C=O) groups is 1. The molecule has 0 saturated heterocycles. The molecule has 0 aliphatic rings. The fourth-order valence-corrected chi connectivity index (χ4v) is 3.24. The molecule has 0 bridgehead atoms. The standard InChI is InChI=1S/C22H23N5O3/c1-29-12-11-26-10-9-19-20(26)3-2-4-21(19)30-14-22(28)25-18-7-5-17(6-8-18)13-27-16-23-15-24-27/h2-10,15-16H,11-14H2,1H3,(H,25,28). The smallest absolute Gasteiger partial charge is 0.262 e. The molecule has 1 N–H and O–H groups in total. The maximum atomic E-state index is 12.3. The summed E-state index contributed by atoms with van der Waals surface area (Å²) in [5.41, 5.74) is 2.84. The van der Waals surface area contributed by atoms with E-state index in [-0.39, 0.29) is 12.5 Å². The number of aromatic nitrogens is 4. The molecule has 0 fully saturated rings. The summed E-state index contributed by atoms with van der Waals surface area (Å²) in [6, 6.07) is 15.4. The molecule has 8 nitrogen and oxygen atoms in total. The lowest BCUT2D eigenvalue weighted by molar-refractivity contribution is -0.118. The Kier molecular flexibility index (Phi) is 6.05. The van der Waals surface area contributed by atoms with Crippen LogP contribution in [-0.2, 0) is 22.6 Å². The molecule has 0 unspecified atom stereocenters. The Morgan fingerprint density at radius 1 is 1.13 bits per heavy atom. The van der Waals surface area contributed by atoms with Crippen LogP contribution >= 0.6 is 0 Å². The number of nitrogens with one attached hydrogen (secondary N) is 1. The van der Waals surface area contributed by atoms with Crippen LogP contribution in [0.2, 0.25) is 0 Å². The van der Waals surface area contributed by atoms with E-state index in [2.05, 4.69) is 20.0 Å². The van der Waals surface area contributed by atoms with E-state index < -0.39 is 0 Å². The first-order valence-electron chi connectivity index (χ1n) is 9.64. The molecular weight excluding hydrogens is 382 g/mol. The summed E-state index contributed by atoms with van der Waals surface area (Å²) in [5, 5.41) is 7.91. The van der Waals surface area contributed by atoms with Crippen molar-refractivity contribution in [2.24, 2.45) is 0 Å². The Morgan fingerprint density at radius 3 is 2.77 bits per heavy atom. The summed E-state index contributed by atoms with van der Waals surface area (Å²) in [6.07, 6.45) is 5.17. The van der Waals surface area contributed by atoms with Crippen molar-refractivity contribution in [2.75, 3.05) is 25.6 Å². The Bertz CT molecular complexity index is 1100. The molecule has 0 atom stereocenters. The normalized spacial score (nSPS) is 11.0. The van der Waals surface area contributed by atoms with Gasteiger partial charge in [-0.1, -0.05) is 18.2 Å². The lowest BCUT2D eigenvalue weighted by Gasteiger charge is -2.10. The largest absolute Gasteiger partial charge is 0.483 e. The average molecular weight is 405 g/mol.